The first kappa shape index (κ1) is 52.3. The fraction of sp³-hybridized carbons (Fsp3) is 1.00. The number of rotatable bonds is 13. The molecule has 0 aromatic heterocycles. The van der Waals surface area contributed by atoms with Crippen LogP contribution in [0.3, 0.4) is 0 Å². The van der Waals surface area contributed by atoms with Gasteiger partial charge in [-0.3, -0.25) is 0 Å². The minimum atomic E-state index is -1.31. The molecule has 5 heterocycles. The molecule has 5 saturated heterocycles. The summed E-state index contributed by atoms with van der Waals surface area (Å²) >= 11 is 0. The smallest absolute Gasteiger partial charge is 0.184 e. The van der Waals surface area contributed by atoms with E-state index < -0.39 is 49.0 Å². The van der Waals surface area contributed by atoms with Crippen LogP contribution in [0.5, 0.6) is 0 Å². The van der Waals surface area contributed by atoms with Gasteiger partial charge in [0.1, 0.15) is 25.1 Å². The molecule has 5 aliphatic heterocycles. The van der Waals surface area contributed by atoms with Gasteiger partial charge < -0.3 is 53.1 Å². The van der Waals surface area contributed by atoms with Crippen LogP contribution in [0.15, 0.2) is 5.11 Å². The third kappa shape index (κ3) is 12.2. The molecular weight excluding hydrogens is 821 g/mol. The van der Waals surface area contributed by atoms with Gasteiger partial charge in [0.05, 0.1) is 43.2 Å². The van der Waals surface area contributed by atoms with Crippen LogP contribution in [0.1, 0.15) is 116 Å². The van der Waals surface area contributed by atoms with Crippen molar-refractivity contribution in [1.82, 2.24) is 0 Å². The molecule has 5 rings (SSSR count). The Morgan fingerprint density at radius 3 is 1.90 bits per heavy atom. The third-order valence-electron chi connectivity index (χ3n) is 14.1. The number of hydrogen-bond acceptors (Lipinski definition) is 11. The van der Waals surface area contributed by atoms with E-state index in [4.69, 9.17) is 42.6 Å². The molecule has 0 amide bonds. The molecule has 1 radical (unpaired) electrons. The van der Waals surface area contributed by atoms with Crippen LogP contribution < -0.4 is 0 Å². The molecule has 7 unspecified atom stereocenters. The summed E-state index contributed by atoms with van der Waals surface area (Å²) in [6.45, 7) is 28.4. The molecule has 0 aliphatic carbocycles. The molecule has 58 heavy (non-hydrogen) atoms. The van der Waals surface area contributed by atoms with Gasteiger partial charge >= 0.3 is 0 Å². The number of azide groups is 1. The molecule has 335 valence electrons. The van der Waals surface area contributed by atoms with Gasteiger partial charge in [0.2, 0.25) is 0 Å². The fourth-order valence-corrected chi connectivity index (χ4v) is 9.92. The van der Waals surface area contributed by atoms with Gasteiger partial charge in [-0.2, -0.15) is 14.1 Å². The first-order valence-electron chi connectivity index (χ1n) is 22.0. The Kier molecular flexibility index (Phi) is 21.3. The summed E-state index contributed by atoms with van der Waals surface area (Å²) in [5, 5.41) is 18.8. The molecule has 0 saturated carbocycles. The Morgan fingerprint density at radius 2 is 1.34 bits per heavy atom. The first-order valence-corrected chi connectivity index (χ1v) is 22.0. The van der Waals surface area contributed by atoms with Gasteiger partial charge in [0.15, 0.2) is 24.7 Å². The number of nitrogens with zero attached hydrogens (tertiary/aromatic N) is 4. The Bertz CT molecular complexity index is 1260. The topological polar surface area (TPSA) is 166 Å². The summed E-state index contributed by atoms with van der Waals surface area (Å²) in [6, 6.07) is -0.487. The zero-order valence-electron chi connectivity index (χ0n) is 38.4. The minimum Gasteiger partial charge on any atom is -0.668 e. The van der Waals surface area contributed by atoms with E-state index >= 15 is 0 Å². The quantitative estimate of drug-likeness (QED) is 0.108. The fourth-order valence-electron chi connectivity index (χ4n) is 9.92. The number of hydrogen-bond donors (Lipinski definition) is 1. The average molecular weight is 901 g/mol. The monoisotopic (exact) mass is 900 g/mol. The summed E-state index contributed by atoms with van der Waals surface area (Å²) in [7, 11) is 3.50. The van der Waals surface area contributed by atoms with Crippen molar-refractivity contribution in [2.45, 2.75) is 195 Å². The Morgan fingerprint density at radius 1 is 0.776 bits per heavy atom. The molecule has 14 nitrogen and oxygen atoms in total. The average Bonchev–Trinajstić information content (AvgIpc) is 3.72. The largest absolute Gasteiger partial charge is 0.668 e. The van der Waals surface area contributed by atoms with Crippen molar-refractivity contribution in [3.63, 3.8) is 0 Å². The van der Waals surface area contributed by atoms with Gasteiger partial charge in [0.25, 0.3) is 0 Å². The van der Waals surface area contributed by atoms with Crippen LogP contribution in [0.25, 0.3) is 15.8 Å². The molecule has 1 N–H and O–H groups in total. The van der Waals surface area contributed by atoms with Gasteiger partial charge in [0, 0.05) is 55.9 Å². The molecule has 15 heteroatoms. The zero-order valence-corrected chi connectivity index (χ0v) is 41.2. The van der Waals surface area contributed by atoms with Crippen molar-refractivity contribution in [1.29, 1.82) is 0 Å². The first-order chi connectivity index (χ1) is 27.0. The second-order valence-corrected chi connectivity index (χ2v) is 18.4. The van der Waals surface area contributed by atoms with Crippen LogP contribution in [0.2, 0.25) is 0 Å². The van der Waals surface area contributed by atoms with Gasteiger partial charge in [-0.05, 0) is 60.3 Å². The molecule has 5 fully saturated rings. The predicted molar refractivity (Wildman–Crippen MR) is 218 cm³/mol. The van der Waals surface area contributed by atoms with E-state index in [-0.39, 0.29) is 117 Å². The van der Waals surface area contributed by atoms with Crippen LogP contribution in [-0.2, 0) is 75.3 Å². The molecule has 0 spiro atoms. The zero-order chi connectivity index (χ0) is 42.4. The van der Waals surface area contributed by atoms with Crippen molar-refractivity contribution in [2.24, 2.45) is 58.4 Å². The summed E-state index contributed by atoms with van der Waals surface area (Å²) < 4.78 is 59.6. The maximum Gasteiger partial charge on any atom is 0.184 e. The number of aliphatic hydroxyl groups is 1. The maximum absolute atomic E-state index is 11.0. The van der Waals surface area contributed by atoms with E-state index in [0.717, 1.165) is 19.3 Å². The van der Waals surface area contributed by atoms with E-state index in [9.17, 15) is 10.6 Å². The molecule has 22 atom stereocenters. The summed E-state index contributed by atoms with van der Waals surface area (Å²) in [4.78, 5) is 3.22. The second-order valence-electron chi connectivity index (χ2n) is 18.4. The normalized spacial score (nSPS) is 46.8. The molecule has 0 aromatic rings. The van der Waals surface area contributed by atoms with E-state index in [2.05, 4.69) is 98.4 Å². The van der Waals surface area contributed by atoms with Crippen LogP contribution >= 0.6 is 0 Å². The maximum atomic E-state index is 11.0. The Hall–Kier alpha value is -0.0261. The van der Waals surface area contributed by atoms with Crippen molar-refractivity contribution in [3.8, 4) is 0 Å². The van der Waals surface area contributed by atoms with Crippen molar-refractivity contribution < 1.29 is 80.4 Å². The molecular formula is C43H79N4O10Y-. The minimum absolute atomic E-state index is 0. The van der Waals surface area contributed by atoms with Crippen molar-refractivity contribution >= 4 is 0 Å². The van der Waals surface area contributed by atoms with E-state index in [1.165, 1.54) is 0 Å². The van der Waals surface area contributed by atoms with Crippen LogP contribution in [-0.4, -0.2) is 112 Å². The summed E-state index contributed by atoms with van der Waals surface area (Å²) in [5.41, 5.74) is 9.61. The van der Waals surface area contributed by atoms with Crippen molar-refractivity contribution in [3.05, 3.63) is 15.8 Å². The van der Waals surface area contributed by atoms with Gasteiger partial charge in [-0.15, -0.1) is 0 Å². The van der Waals surface area contributed by atoms with Crippen molar-refractivity contribution in [2.75, 3.05) is 27.5 Å². The van der Waals surface area contributed by atoms with Gasteiger partial charge in [-0.25, -0.2) is 0 Å². The molecule has 5 aliphatic rings. The number of ether oxygens (including phenoxy) is 9. The molecule has 0 bridgehead atoms. The van der Waals surface area contributed by atoms with E-state index in [1.807, 2.05) is 0 Å². The predicted octanol–water partition coefficient (Wildman–Crippen LogP) is 8.44. The second kappa shape index (κ2) is 23.6. The van der Waals surface area contributed by atoms with E-state index in [1.54, 1.807) is 21.0 Å². The molecule has 0 aromatic carbocycles. The Labute approximate surface area is 375 Å². The van der Waals surface area contributed by atoms with Crippen LogP contribution in [0, 0.1) is 53.3 Å². The Balaban J connectivity index is 0.00000218. The van der Waals surface area contributed by atoms with E-state index in [0.29, 0.717) is 18.9 Å². The van der Waals surface area contributed by atoms with Crippen LogP contribution in [0.4, 0.5) is 0 Å². The standard InChI is InChI=1S/C41H73N3O10.C2H6N.Y/c1-14-20(4)32-25(9)26(10)36(53-39-31(43-44-42)24(8)23(7)29(16-3)48-39)40(50-32)52-35-27(11)33(21(5)15-2)49-38(28(35)12)51-34-22(6)17-41(13,45)54-37(34)30-18-46-19-47-30;1-3-2;/h20-40,45H,14-19H2,1-13H3;1-2H3;/q;-1;/t20-,21-,22+,23-,24+,25-,26?,27+,28?,29?,30+,31?,32-,33?,34+,35-,36?,37?,38+,39+,40+,41-;;/m0../s1. The SMILES string of the molecule is CCC1O[C@H](OC2C(C)[C@H](C)[C@H]([C@@H](C)CC)O[C@@H]2O[C@@H]2C(C)[C@@H](O[C@H]3C([C@H]4COCO4)O[C@](C)(O)C[C@H]3C)OC([C@@H](C)CC)[C@H]2C)C(N=[N+]=[N-])[C@H](C)[C@@H]1C.C[N-]C.[Y]. The summed E-state index contributed by atoms with van der Waals surface area (Å²) in [5.74, 6) is -0.509. The third-order valence-corrected chi connectivity index (χ3v) is 14.1. The summed E-state index contributed by atoms with van der Waals surface area (Å²) in [6.07, 6.45) is -1.27. The van der Waals surface area contributed by atoms with Gasteiger partial charge in [-0.1, -0.05) is 101 Å².